The summed E-state index contributed by atoms with van der Waals surface area (Å²) in [6.07, 6.45) is 0.292. The highest BCUT2D eigenvalue weighted by Crippen LogP contribution is 2.24. The van der Waals surface area contributed by atoms with E-state index < -0.39 is 0 Å². The van der Waals surface area contributed by atoms with Crippen molar-refractivity contribution in [3.05, 3.63) is 35.4 Å². The highest BCUT2D eigenvalue weighted by atomic mass is 16.5. The Morgan fingerprint density at radius 2 is 1.62 bits per heavy atom. The molecule has 120 valence electrons. The lowest BCUT2D eigenvalue weighted by Crippen LogP contribution is -2.28. The quantitative estimate of drug-likeness (QED) is 0.786. The van der Waals surface area contributed by atoms with Gasteiger partial charge in [-0.3, -0.25) is 0 Å². The standard InChI is InChI=1S/C19H33NO/c1-8-20-18(13-21-15(4)14(2)3)16-9-11-17(12-10-16)19(5,6)7/h9-12,14-15,18,20H,8,13H2,1-7H3. The average molecular weight is 291 g/mol. The fourth-order valence-corrected chi connectivity index (χ4v) is 2.18. The van der Waals surface area contributed by atoms with E-state index >= 15 is 0 Å². The normalized spacial score (nSPS) is 15.2. The highest BCUT2D eigenvalue weighted by molar-refractivity contribution is 5.29. The van der Waals surface area contributed by atoms with Gasteiger partial charge in [0.2, 0.25) is 0 Å². The van der Waals surface area contributed by atoms with E-state index in [9.17, 15) is 0 Å². The molecule has 0 amide bonds. The third kappa shape index (κ3) is 5.80. The fourth-order valence-electron chi connectivity index (χ4n) is 2.18. The van der Waals surface area contributed by atoms with Crippen LogP contribution in [-0.4, -0.2) is 19.3 Å². The van der Waals surface area contributed by atoms with Crippen molar-refractivity contribution in [1.82, 2.24) is 5.32 Å². The Balaban J connectivity index is 2.76. The van der Waals surface area contributed by atoms with Gasteiger partial charge in [-0.2, -0.15) is 0 Å². The van der Waals surface area contributed by atoms with Crippen LogP contribution in [-0.2, 0) is 10.2 Å². The van der Waals surface area contributed by atoms with Crippen LogP contribution in [0.2, 0.25) is 0 Å². The van der Waals surface area contributed by atoms with Crippen molar-refractivity contribution in [2.45, 2.75) is 66.0 Å². The summed E-state index contributed by atoms with van der Waals surface area (Å²) in [7, 11) is 0. The fraction of sp³-hybridized carbons (Fsp3) is 0.684. The summed E-state index contributed by atoms with van der Waals surface area (Å²) in [4.78, 5) is 0. The van der Waals surface area contributed by atoms with E-state index in [-0.39, 0.29) is 11.5 Å². The summed E-state index contributed by atoms with van der Waals surface area (Å²) in [6, 6.07) is 9.22. The monoisotopic (exact) mass is 291 g/mol. The van der Waals surface area contributed by atoms with Gasteiger partial charge in [0.15, 0.2) is 0 Å². The Bertz CT molecular complexity index is 403. The van der Waals surface area contributed by atoms with E-state index in [2.05, 4.69) is 78.0 Å². The van der Waals surface area contributed by atoms with Crippen LogP contribution in [0, 0.1) is 5.92 Å². The number of nitrogens with one attached hydrogen (secondary N) is 1. The predicted octanol–water partition coefficient (Wildman–Crippen LogP) is 4.70. The third-order valence-corrected chi connectivity index (χ3v) is 4.09. The van der Waals surface area contributed by atoms with Crippen LogP contribution in [0.15, 0.2) is 24.3 Å². The molecule has 2 unspecified atom stereocenters. The lowest BCUT2D eigenvalue weighted by molar-refractivity contribution is 0.0220. The van der Waals surface area contributed by atoms with Crippen molar-refractivity contribution < 1.29 is 4.74 Å². The first-order chi connectivity index (χ1) is 9.75. The van der Waals surface area contributed by atoms with Gasteiger partial charge in [-0.15, -0.1) is 0 Å². The molecule has 2 nitrogen and oxygen atoms in total. The molecule has 21 heavy (non-hydrogen) atoms. The second kappa shape index (κ2) is 7.95. The Kier molecular flexibility index (Phi) is 6.89. The highest BCUT2D eigenvalue weighted by Gasteiger charge is 2.17. The minimum absolute atomic E-state index is 0.203. The predicted molar refractivity (Wildman–Crippen MR) is 91.8 cm³/mol. The van der Waals surface area contributed by atoms with Gasteiger partial charge in [-0.05, 0) is 35.9 Å². The molecule has 1 N–H and O–H groups in total. The van der Waals surface area contributed by atoms with Crippen molar-refractivity contribution in [1.29, 1.82) is 0 Å². The molecule has 1 aromatic carbocycles. The van der Waals surface area contributed by atoms with Crippen LogP contribution < -0.4 is 5.32 Å². The molecule has 2 heteroatoms. The van der Waals surface area contributed by atoms with Gasteiger partial charge in [0.1, 0.15) is 0 Å². The van der Waals surface area contributed by atoms with Gasteiger partial charge in [0.05, 0.1) is 18.8 Å². The van der Waals surface area contributed by atoms with Crippen molar-refractivity contribution in [2.24, 2.45) is 5.92 Å². The van der Waals surface area contributed by atoms with Crippen molar-refractivity contribution in [3.8, 4) is 0 Å². The summed E-state index contributed by atoms with van der Waals surface area (Å²) in [6.45, 7) is 17.1. The van der Waals surface area contributed by atoms with E-state index in [0.29, 0.717) is 12.0 Å². The zero-order valence-corrected chi connectivity index (χ0v) is 14.9. The Morgan fingerprint density at radius 1 is 1.05 bits per heavy atom. The van der Waals surface area contributed by atoms with Crippen LogP contribution in [0.5, 0.6) is 0 Å². The number of benzene rings is 1. The minimum Gasteiger partial charge on any atom is -0.376 e. The second-order valence-electron chi connectivity index (χ2n) is 7.26. The Labute approximate surface area is 131 Å². The topological polar surface area (TPSA) is 21.3 Å². The van der Waals surface area contributed by atoms with E-state index in [1.807, 2.05) is 0 Å². The van der Waals surface area contributed by atoms with Crippen LogP contribution in [0.4, 0.5) is 0 Å². The zero-order chi connectivity index (χ0) is 16.0. The first-order valence-corrected chi connectivity index (χ1v) is 8.21. The maximum absolute atomic E-state index is 6.01. The maximum atomic E-state index is 6.01. The lowest BCUT2D eigenvalue weighted by Gasteiger charge is -2.24. The molecule has 1 rings (SSSR count). The summed E-state index contributed by atoms with van der Waals surface area (Å²) >= 11 is 0. The molecular weight excluding hydrogens is 258 g/mol. The molecule has 0 saturated carbocycles. The first kappa shape index (κ1) is 18.2. The smallest absolute Gasteiger partial charge is 0.0665 e. The van der Waals surface area contributed by atoms with E-state index in [1.165, 1.54) is 11.1 Å². The van der Waals surface area contributed by atoms with Crippen LogP contribution in [0.25, 0.3) is 0 Å². The number of rotatable bonds is 7. The van der Waals surface area contributed by atoms with Crippen molar-refractivity contribution in [3.63, 3.8) is 0 Å². The van der Waals surface area contributed by atoms with Gasteiger partial charge in [0, 0.05) is 0 Å². The summed E-state index contributed by atoms with van der Waals surface area (Å²) in [5.41, 5.74) is 2.88. The second-order valence-corrected chi connectivity index (χ2v) is 7.26. The van der Waals surface area contributed by atoms with E-state index in [1.54, 1.807) is 0 Å². The zero-order valence-electron chi connectivity index (χ0n) is 14.9. The number of hydrogen-bond donors (Lipinski definition) is 1. The molecule has 0 aromatic heterocycles. The largest absolute Gasteiger partial charge is 0.376 e. The van der Waals surface area contributed by atoms with Gasteiger partial charge in [0.25, 0.3) is 0 Å². The number of hydrogen-bond acceptors (Lipinski definition) is 2. The van der Waals surface area contributed by atoms with Gasteiger partial charge < -0.3 is 10.1 Å². The van der Waals surface area contributed by atoms with E-state index in [0.717, 1.165) is 13.2 Å². The molecule has 2 atom stereocenters. The molecule has 0 aliphatic heterocycles. The van der Waals surface area contributed by atoms with Gasteiger partial charge in [-0.1, -0.05) is 65.8 Å². The molecule has 0 aliphatic rings. The SMILES string of the molecule is CCNC(COC(C)C(C)C)c1ccc(C(C)(C)C)cc1. The molecule has 0 saturated heterocycles. The summed E-state index contributed by atoms with van der Waals surface area (Å²) in [5, 5.41) is 3.53. The molecule has 0 bridgehead atoms. The molecule has 0 aliphatic carbocycles. The number of likely N-dealkylation sites (N-methyl/N-ethyl adjacent to an activating group) is 1. The Morgan fingerprint density at radius 3 is 2.05 bits per heavy atom. The van der Waals surface area contributed by atoms with Crippen LogP contribution in [0.1, 0.15) is 65.6 Å². The van der Waals surface area contributed by atoms with Crippen LogP contribution >= 0.6 is 0 Å². The summed E-state index contributed by atoms with van der Waals surface area (Å²) in [5.74, 6) is 0.551. The minimum atomic E-state index is 0.203. The summed E-state index contributed by atoms with van der Waals surface area (Å²) < 4.78 is 6.01. The van der Waals surface area contributed by atoms with E-state index in [4.69, 9.17) is 4.74 Å². The van der Waals surface area contributed by atoms with Crippen molar-refractivity contribution in [2.75, 3.05) is 13.2 Å². The third-order valence-electron chi connectivity index (χ3n) is 4.09. The Hall–Kier alpha value is -0.860. The average Bonchev–Trinajstić information content (AvgIpc) is 2.42. The van der Waals surface area contributed by atoms with Crippen molar-refractivity contribution >= 4 is 0 Å². The molecular formula is C19H33NO. The maximum Gasteiger partial charge on any atom is 0.0665 e. The molecule has 1 aromatic rings. The number of ether oxygens (including phenoxy) is 1. The van der Waals surface area contributed by atoms with Crippen LogP contribution in [0.3, 0.4) is 0 Å². The van der Waals surface area contributed by atoms with Gasteiger partial charge in [-0.25, -0.2) is 0 Å². The molecule has 0 radical (unpaired) electrons. The van der Waals surface area contributed by atoms with Gasteiger partial charge >= 0.3 is 0 Å². The molecule has 0 spiro atoms. The first-order valence-electron chi connectivity index (χ1n) is 8.21. The molecule has 0 heterocycles. The molecule has 0 fully saturated rings. The lowest BCUT2D eigenvalue weighted by atomic mass is 9.86.